The maximum absolute atomic E-state index is 12.4. The third-order valence-electron chi connectivity index (χ3n) is 3.71. The number of nitrogens with zero attached hydrogens (tertiary/aromatic N) is 2. The fourth-order valence-electron chi connectivity index (χ4n) is 2.41. The van der Waals surface area contributed by atoms with Crippen molar-refractivity contribution in [3.8, 4) is 5.69 Å². The van der Waals surface area contributed by atoms with Gasteiger partial charge in [0, 0.05) is 18.3 Å². The summed E-state index contributed by atoms with van der Waals surface area (Å²) >= 11 is 0. The summed E-state index contributed by atoms with van der Waals surface area (Å²) in [4.78, 5) is 35.2. The fourth-order valence-corrected chi connectivity index (χ4v) is 2.41. The first-order valence-corrected chi connectivity index (χ1v) is 8.12. The molecule has 0 spiro atoms. The van der Waals surface area contributed by atoms with Gasteiger partial charge in [-0.05, 0) is 35.9 Å². The van der Waals surface area contributed by atoms with Crippen LogP contribution in [-0.2, 0) is 6.54 Å². The van der Waals surface area contributed by atoms with E-state index >= 15 is 0 Å². The Balaban J connectivity index is 1.70. The molecule has 4 N–H and O–H groups in total. The molecule has 0 unspecified atom stereocenters. The largest absolute Gasteiger partial charge is 0.351 e. The summed E-state index contributed by atoms with van der Waals surface area (Å²) in [5.74, 6) is -0.404. The molecule has 3 rings (SSSR count). The number of hydrogen-bond acceptors (Lipinski definition) is 4. The molecule has 8 heteroatoms. The van der Waals surface area contributed by atoms with E-state index in [9.17, 15) is 14.4 Å². The van der Waals surface area contributed by atoms with E-state index < -0.39 is 11.9 Å². The molecule has 0 saturated heterocycles. The first-order chi connectivity index (χ1) is 13.0. The molecule has 0 saturated carbocycles. The first kappa shape index (κ1) is 17.9. The van der Waals surface area contributed by atoms with Gasteiger partial charge in [0.2, 0.25) is 0 Å². The molecule has 3 amide bonds. The predicted octanol–water partition coefficient (Wildman–Crippen LogP) is 1.65. The second-order valence-electron chi connectivity index (χ2n) is 5.67. The number of primary amides is 1. The number of carbonyl (C=O) groups excluding carboxylic acids is 2. The van der Waals surface area contributed by atoms with Crippen LogP contribution in [0.1, 0.15) is 16.1 Å². The van der Waals surface area contributed by atoms with Crippen LogP contribution in [0.2, 0.25) is 0 Å². The van der Waals surface area contributed by atoms with Crippen molar-refractivity contribution < 1.29 is 9.59 Å². The number of benzene rings is 2. The average molecular weight is 363 g/mol. The minimum atomic E-state index is -0.643. The van der Waals surface area contributed by atoms with E-state index in [-0.39, 0.29) is 17.8 Å². The molecule has 2 aromatic carbocycles. The van der Waals surface area contributed by atoms with Crippen LogP contribution in [0.25, 0.3) is 5.69 Å². The lowest BCUT2D eigenvalue weighted by molar-refractivity contribution is 0.0944. The number of rotatable bonds is 5. The Morgan fingerprint density at radius 2 is 1.67 bits per heavy atom. The van der Waals surface area contributed by atoms with Gasteiger partial charge in [0.15, 0.2) is 0 Å². The van der Waals surface area contributed by atoms with Crippen molar-refractivity contribution in [2.75, 3.05) is 5.32 Å². The standard InChI is InChI=1S/C19H17N5O3/c20-19(27)22-14-8-6-13(7-9-14)12-21-18(26)16-10-11-17(25)24(23-16)15-4-2-1-3-5-15/h1-11H,12H2,(H,21,26)(H3,20,22,27). The highest BCUT2D eigenvalue weighted by atomic mass is 16.2. The summed E-state index contributed by atoms with van der Waals surface area (Å²) in [5, 5.41) is 9.34. The zero-order valence-electron chi connectivity index (χ0n) is 14.3. The number of urea groups is 1. The molecule has 1 heterocycles. The highest BCUT2D eigenvalue weighted by Gasteiger charge is 2.10. The molecule has 0 aliphatic heterocycles. The van der Waals surface area contributed by atoms with Crippen molar-refractivity contribution >= 4 is 17.6 Å². The van der Waals surface area contributed by atoms with Crippen molar-refractivity contribution in [3.05, 3.63) is 88.3 Å². The van der Waals surface area contributed by atoms with Crippen molar-refractivity contribution in [1.29, 1.82) is 0 Å². The summed E-state index contributed by atoms with van der Waals surface area (Å²) in [6, 6.07) is 17.8. The molecule has 0 aliphatic carbocycles. The molecule has 0 bridgehead atoms. The summed E-state index contributed by atoms with van der Waals surface area (Å²) in [5.41, 5.74) is 6.83. The number of carbonyl (C=O) groups is 2. The minimum absolute atomic E-state index is 0.130. The normalized spacial score (nSPS) is 10.2. The van der Waals surface area contributed by atoms with Gasteiger partial charge < -0.3 is 16.4 Å². The molecule has 27 heavy (non-hydrogen) atoms. The molecule has 0 radical (unpaired) electrons. The van der Waals surface area contributed by atoms with Gasteiger partial charge in [-0.1, -0.05) is 30.3 Å². The number of amides is 3. The Labute approximate surface area is 154 Å². The van der Waals surface area contributed by atoms with Gasteiger partial charge in [-0.15, -0.1) is 0 Å². The third-order valence-corrected chi connectivity index (χ3v) is 3.71. The van der Waals surface area contributed by atoms with Gasteiger partial charge in [0.05, 0.1) is 5.69 Å². The first-order valence-electron chi connectivity index (χ1n) is 8.12. The number of para-hydroxylation sites is 1. The number of nitrogens with one attached hydrogen (secondary N) is 2. The van der Waals surface area contributed by atoms with Crippen molar-refractivity contribution in [2.45, 2.75) is 6.54 Å². The van der Waals surface area contributed by atoms with E-state index in [0.29, 0.717) is 11.4 Å². The Bertz CT molecular complexity index is 1010. The Morgan fingerprint density at radius 1 is 0.963 bits per heavy atom. The van der Waals surface area contributed by atoms with Crippen LogP contribution in [0, 0.1) is 0 Å². The minimum Gasteiger partial charge on any atom is -0.351 e. The van der Waals surface area contributed by atoms with E-state index in [2.05, 4.69) is 15.7 Å². The van der Waals surface area contributed by atoms with Crippen LogP contribution in [0.3, 0.4) is 0 Å². The quantitative estimate of drug-likeness (QED) is 0.638. The maximum Gasteiger partial charge on any atom is 0.316 e. The molecule has 136 valence electrons. The Morgan fingerprint density at radius 3 is 2.33 bits per heavy atom. The van der Waals surface area contributed by atoms with E-state index in [1.54, 1.807) is 48.5 Å². The van der Waals surface area contributed by atoms with Crippen LogP contribution in [0.15, 0.2) is 71.5 Å². The van der Waals surface area contributed by atoms with Gasteiger partial charge in [-0.3, -0.25) is 9.59 Å². The summed E-state index contributed by atoms with van der Waals surface area (Å²) in [6.07, 6.45) is 0. The fraction of sp³-hybridized carbons (Fsp3) is 0.0526. The van der Waals surface area contributed by atoms with Gasteiger partial charge >= 0.3 is 6.03 Å². The zero-order valence-corrected chi connectivity index (χ0v) is 14.3. The highest BCUT2D eigenvalue weighted by molar-refractivity contribution is 5.92. The predicted molar refractivity (Wildman–Crippen MR) is 101 cm³/mol. The summed E-state index contributed by atoms with van der Waals surface area (Å²) in [7, 11) is 0. The Hall–Kier alpha value is -3.94. The molecule has 3 aromatic rings. The summed E-state index contributed by atoms with van der Waals surface area (Å²) in [6.45, 7) is 0.266. The summed E-state index contributed by atoms with van der Waals surface area (Å²) < 4.78 is 1.18. The lowest BCUT2D eigenvalue weighted by Gasteiger charge is -2.08. The molecule has 0 fully saturated rings. The van der Waals surface area contributed by atoms with E-state index in [0.717, 1.165) is 5.56 Å². The zero-order chi connectivity index (χ0) is 19.2. The van der Waals surface area contributed by atoms with E-state index in [4.69, 9.17) is 5.73 Å². The van der Waals surface area contributed by atoms with Crippen molar-refractivity contribution in [3.63, 3.8) is 0 Å². The van der Waals surface area contributed by atoms with Crippen LogP contribution >= 0.6 is 0 Å². The molecule has 0 atom stereocenters. The molecule has 8 nitrogen and oxygen atoms in total. The monoisotopic (exact) mass is 363 g/mol. The van der Waals surface area contributed by atoms with E-state index in [1.807, 2.05) is 6.07 Å². The topological polar surface area (TPSA) is 119 Å². The van der Waals surface area contributed by atoms with E-state index in [1.165, 1.54) is 16.8 Å². The molecular weight excluding hydrogens is 346 g/mol. The number of nitrogens with two attached hydrogens (primary N) is 1. The molecular formula is C19H17N5O3. The smallest absolute Gasteiger partial charge is 0.316 e. The Kier molecular flexibility index (Phi) is 5.27. The highest BCUT2D eigenvalue weighted by Crippen LogP contribution is 2.09. The third kappa shape index (κ3) is 4.57. The number of aromatic nitrogens is 2. The SMILES string of the molecule is NC(=O)Nc1ccc(CNC(=O)c2ccc(=O)n(-c3ccccc3)n2)cc1. The van der Waals surface area contributed by atoms with Crippen LogP contribution in [-0.4, -0.2) is 21.7 Å². The van der Waals surface area contributed by atoms with Gasteiger partial charge in [0.25, 0.3) is 11.5 Å². The van der Waals surface area contributed by atoms with Gasteiger partial charge in [-0.25, -0.2) is 4.79 Å². The van der Waals surface area contributed by atoms with Crippen LogP contribution < -0.4 is 21.9 Å². The van der Waals surface area contributed by atoms with Crippen LogP contribution in [0.5, 0.6) is 0 Å². The van der Waals surface area contributed by atoms with Gasteiger partial charge in [-0.2, -0.15) is 9.78 Å². The molecule has 0 aliphatic rings. The lowest BCUT2D eigenvalue weighted by Crippen LogP contribution is -2.28. The van der Waals surface area contributed by atoms with Crippen LogP contribution in [0.4, 0.5) is 10.5 Å². The lowest BCUT2D eigenvalue weighted by atomic mass is 10.2. The van der Waals surface area contributed by atoms with Crippen molar-refractivity contribution in [1.82, 2.24) is 15.1 Å². The second-order valence-corrected chi connectivity index (χ2v) is 5.67. The average Bonchev–Trinajstić information content (AvgIpc) is 2.68. The maximum atomic E-state index is 12.4. The molecule has 1 aromatic heterocycles. The number of hydrogen-bond donors (Lipinski definition) is 3. The number of anilines is 1. The second kappa shape index (κ2) is 7.96. The van der Waals surface area contributed by atoms with Crippen molar-refractivity contribution in [2.24, 2.45) is 5.73 Å². The van der Waals surface area contributed by atoms with Gasteiger partial charge in [0.1, 0.15) is 5.69 Å².